The van der Waals surface area contributed by atoms with Gasteiger partial charge in [-0.05, 0) is 56.9 Å². The van der Waals surface area contributed by atoms with Crippen molar-refractivity contribution in [1.82, 2.24) is 4.90 Å². The summed E-state index contributed by atoms with van der Waals surface area (Å²) in [6.45, 7) is 6.65. The number of rotatable bonds is 7. The zero-order chi connectivity index (χ0) is 20.1. The zero-order valence-electron chi connectivity index (χ0n) is 16.9. The molecular formula is C22H29NO3S2. The lowest BCUT2D eigenvalue weighted by molar-refractivity contribution is -0.124. The summed E-state index contributed by atoms with van der Waals surface area (Å²) >= 11 is 6.93. The third-order valence-corrected chi connectivity index (χ3v) is 6.56. The van der Waals surface area contributed by atoms with E-state index >= 15 is 0 Å². The van der Waals surface area contributed by atoms with Crippen molar-refractivity contribution in [3.8, 4) is 11.5 Å². The first-order chi connectivity index (χ1) is 13.5. The fraction of sp³-hybridized carbons (Fsp3) is 0.545. The molecule has 1 aromatic carbocycles. The second-order valence-electron chi connectivity index (χ2n) is 7.32. The van der Waals surface area contributed by atoms with Crippen LogP contribution in [0.1, 0.15) is 64.9 Å². The van der Waals surface area contributed by atoms with Crippen LogP contribution >= 0.6 is 24.0 Å². The van der Waals surface area contributed by atoms with Crippen molar-refractivity contribution in [3.05, 3.63) is 28.7 Å². The molecule has 152 valence electrons. The first-order valence-corrected chi connectivity index (χ1v) is 11.5. The van der Waals surface area contributed by atoms with Gasteiger partial charge in [0.15, 0.2) is 11.5 Å². The van der Waals surface area contributed by atoms with E-state index in [1.807, 2.05) is 43.0 Å². The lowest BCUT2D eigenvalue weighted by Crippen LogP contribution is -2.39. The number of hydrogen-bond donors (Lipinski definition) is 0. The van der Waals surface area contributed by atoms with Crippen LogP contribution in [-0.4, -0.2) is 33.9 Å². The van der Waals surface area contributed by atoms with E-state index in [-0.39, 0.29) is 18.1 Å². The van der Waals surface area contributed by atoms with Crippen molar-refractivity contribution in [3.63, 3.8) is 0 Å². The third kappa shape index (κ3) is 4.90. The highest BCUT2D eigenvalue weighted by molar-refractivity contribution is 8.26. The van der Waals surface area contributed by atoms with Crippen molar-refractivity contribution < 1.29 is 14.3 Å². The molecule has 1 aromatic rings. The molecule has 28 heavy (non-hydrogen) atoms. The minimum atomic E-state index is 0.0415. The SMILES string of the molecule is CCOc1cc(/C=C2\SC(=S)N(C3CCCCC3)C2=O)ccc1O[C@@H](C)CC. The van der Waals surface area contributed by atoms with Crippen molar-refractivity contribution in [2.75, 3.05) is 6.61 Å². The summed E-state index contributed by atoms with van der Waals surface area (Å²) in [5.41, 5.74) is 0.920. The zero-order valence-corrected chi connectivity index (χ0v) is 18.5. The summed E-state index contributed by atoms with van der Waals surface area (Å²) in [6, 6.07) is 6.09. The molecule has 4 nitrogen and oxygen atoms in total. The summed E-state index contributed by atoms with van der Waals surface area (Å²) in [5, 5.41) is 0. The number of hydrogen-bond acceptors (Lipinski definition) is 5. The Morgan fingerprint density at radius 3 is 2.68 bits per heavy atom. The lowest BCUT2D eigenvalue weighted by atomic mass is 9.94. The molecule has 0 spiro atoms. The monoisotopic (exact) mass is 419 g/mol. The fourth-order valence-electron chi connectivity index (χ4n) is 3.57. The van der Waals surface area contributed by atoms with Crippen LogP contribution in [0.15, 0.2) is 23.1 Å². The van der Waals surface area contributed by atoms with Gasteiger partial charge in [0.2, 0.25) is 0 Å². The highest BCUT2D eigenvalue weighted by atomic mass is 32.2. The smallest absolute Gasteiger partial charge is 0.266 e. The molecule has 1 saturated heterocycles. The predicted octanol–water partition coefficient (Wildman–Crippen LogP) is 5.80. The highest BCUT2D eigenvalue weighted by Crippen LogP contribution is 2.38. The van der Waals surface area contributed by atoms with Gasteiger partial charge in [-0.1, -0.05) is 56.2 Å². The van der Waals surface area contributed by atoms with Crippen molar-refractivity contribution in [2.45, 2.75) is 71.4 Å². The molecule has 2 fully saturated rings. The van der Waals surface area contributed by atoms with Gasteiger partial charge >= 0.3 is 0 Å². The third-order valence-electron chi connectivity index (χ3n) is 5.23. The quantitative estimate of drug-likeness (QED) is 0.413. The van der Waals surface area contributed by atoms with Gasteiger partial charge in [-0.25, -0.2) is 0 Å². The van der Waals surface area contributed by atoms with Crippen molar-refractivity contribution >= 4 is 40.3 Å². The molecule has 0 unspecified atom stereocenters. The number of benzene rings is 1. The van der Waals surface area contributed by atoms with Crippen molar-refractivity contribution in [2.24, 2.45) is 0 Å². The molecule has 1 atom stereocenters. The van der Waals surface area contributed by atoms with Crippen LogP contribution in [0.4, 0.5) is 0 Å². The van der Waals surface area contributed by atoms with Crippen LogP contribution in [0.2, 0.25) is 0 Å². The first-order valence-electron chi connectivity index (χ1n) is 10.2. The van der Waals surface area contributed by atoms with Gasteiger partial charge in [0, 0.05) is 6.04 Å². The van der Waals surface area contributed by atoms with Gasteiger partial charge in [0.05, 0.1) is 17.6 Å². The van der Waals surface area contributed by atoms with E-state index in [2.05, 4.69) is 6.92 Å². The fourth-order valence-corrected chi connectivity index (χ4v) is 4.97. The molecule has 1 amide bonds. The average molecular weight is 420 g/mol. The first kappa shape index (κ1) is 21.2. The predicted molar refractivity (Wildman–Crippen MR) is 120 cm³/mol. The number of thioether (sulfide) groups is 1. The van der Waals surface area contributed by atoms with Crippen LogP contribution in [0, 0.1) is 0 Å². The molecule has 1 saturated carbocycles. The normalized spacial score (nSPS) is 20.7. The maximum Gasteiger partial charge on any atom is 0.266 e. The minimum absolute atomic E-state index is 0.0415. The molecule has 1 aliphatic carbocycles. The number of amides is 1. The van der Waals surface area contributed by atoms with Gasteiger partial charge in [0.25, 0.3) is 5.91 Å². The largest absolute Gasteiger partial charge is 0.490 e. The number of carbonyl (C=O) groups excluding carboxylic acids is 1. The second-order valence-corrected chi connectivity index (χ2v) is 9.00. The summed E-state index contributed by atoms with van der Waals surface area (Å²) < 4.78 is 12.4. The summed E-state index contributed by atoms with van der Waals surface area (Å²) in [6.07, 6.45) is 8.68. The molecule has 3 rings (SSSR count). The van der Waals surface area contributed by atoms with Crippen LogP contribution in [0.25, 0.3) is 6.08 Å². The summed E-state index contributed by atoms with van der Waals surface area (Å²) in [7, 11) is 0. The molecule has 6 heteroatoms. The molecular weight excluding hydrogens is 390 g/mol. The highest BCUT2D eigenvalue weighted by Gasteiger charge is 2.37. The van der Waals surface area contributed by atoms with Gasteiger partial charge in [-0.15, -0.1) is 0 Å². The Labute approximate surface area is 177 Å². The van der Waals surface area contributed by atoms with E-state index in [4.69, 9.17) is 21.7 Å². The number of carbonyl (C=O) groups is 1. The van der Waals surface area contributed by atoms with Crippen LogP contribution < -0.4 is 9.47 Å². The van der Waals surface area contributed by atoms with E-state index in [9.17, 15) is 4.79 Å². The topological polar surface area (TPSA) is 38.8 Å². The van der Waals surface area contributed by atoms with E-state index < -0.39 is 0 Å². The number of thiocarbonyl (C=S) groups is 1. The molecule has 0 radical (unpaired) electrons. The van der Waals surface area contributed by atoms with E-state index in [1.54, 1.807) is 0 Å². The summed E-state index contributed by atoms with van der Waals surface area (Å²) in [4.78, 5) is 15.5. The maximum atomic E-state index is 13.0. The van der Waals surface area contributed by atoms with Gasteiger partial charge in [-0.2, -0.15) is 0 Å². The van der Waals surface area contributed by atoms with E-state index in [0.29, 0.717) is 21.6 Å². The van der Waals surface area contributed by atoms with Crippen LogP contribution in [-0.2, 0) is 4.79 Å². The van der Waals surface area contributed by atoms with E-state index in [1.165, 1.54) is 31.0 Å². The Morgan fingerprint density at radius 1 is 1.25 bits per heavy atom. The van der Waals surface area contributed by atoms with Gasteiger partial charge in [-0.3, -0.25) is 9.69 Å². The second kappa shape index (κ2) is 9.79. The molecule has 0 aromatic heterocycles. The molecule has 1 heterocycles. The van der Waals surface area contributed by atoms with Crippen LogP contribution in [0.5, 0.6) is 11.5 Å². The van der Waals surface area contributed by atoms with E-state index in [0.717, 1.165) is 30.6 Å². The van der Waals surface area contributed by atoms with Gasteiger partial charge in [0.1, 0.15) is 4.32 Å². The lowest BCUT2D eigenvalue weighted by Gasteiger charge is -2.29. The van der Waals surface area contributed by atoms with Crippen molar-refractivity contribution in [1.29, 1.82) is 0 Å². The number of ether oxygens (including phenoxy) is 2. The molecule has 0 N–H and O–H groups in total. The number of nitrogens with zero attached hydrogens (tertiary/aromatic N) is 1. The standard InChI is InChI=1S/C22H29NO3S2/c1-4-15(3)26-18-12-11-16(13-19(18)25-5-2)14-20-21(24)23(22(27)28-20)17-9-7-6-8-10-17/h11-15,17H,4-10H2,1-3H3/b20-14-/t15-/m0/s1. The Morgan fingerprint density at radius 2 is 2.00 bits per heavy atom. The Hall–Kier alpha value is -1.53. The molecule has 1 aliphatic heterocycles. The Kier molecular flexibility index (Phi) is 7.41. The molecule has 2 aliphatic rings. The Balaban J connectivity index is 1.81. The minimum Gasteiger partial charge on any atom is -0.490 e. The van der Waals surface area contributed by atoms with Gasteiger partial charge < -0.3 is 9.47 Å². The molecule has 0 bridgehead atoms. The average Bonchev–Trinajstić information content (AvgIpc) is 2.97. The van der Waals surface area contributed by atoms with Crippen LogP contribution in [0.3, 0.4) is 0 Å². The Bertz CT molecular complexity index is 756. The maximum absolute atomic E-state index is 13.0. The summed E-state index contributed by atoms with van der Waals surface area (Å²) in [5.74, 6) is 1.49.